The van der Waals surface area contributed by atoms with Crippen LogP contribution in [-0.2, 0) is 18.4 Å². The van der Waals surface area contributed by atoms with E-state index in [-0.39, 0.29) is 19.1 Å². The van der Waals surface area contributed by atoms with Crippen molar-refractivity contribution in [3.8, 4) is 0 Å². The highest BCUT2D eigenvalue weighted by Crippen LogP contribution is 2.43. The van der Waals surface area contributed by atoms with Gasteiger partial charge in [0, 0.05) is 6.42 Å². The molecule has 3 atom stereocenters. The zero-order chi connectivity index (χ0) is 49.9. The van der Waals surface area contributed by atoms with Crippen LogP contribution in [0.25, 0.3) is 0 Å². The van der Waals surface area contributed by atoms with Crippen molar-refractivity contribution in [1.29, 1.82) is 0 Å². The van der Waals surface area contributed by atoms with Crippen LogP contribution in [-0.4, -0.2) is 73.4 Å². The van der Waals surface area contributed by atoms with Crippen LogP contribution in [0.15, 0.2) is 122 Å². The molecule has 1 amide bonds. The van der Waals surface area contributed by atoms with Crippen LogP contribution in [0, 0.1) is 0 Å². The van der Waals surface area contributed by atoms with E-state index in [1.165, 1.54) is 77.0 Å². The number of allylic oxidation sites excluding steroid dienone is 19. The summed E-state index contributed by atoms with van der Waals surface area (Å²) >= 11 is 0. The maximum absolute atomic E-state index is 12.9. The molecular formula is C59H102N2O6P+. The second-order valence-electron chi connectivity index (χ2n) is 18.8. The molecule has 3 unspecified atom stereocenters. The van der Waals surface area contributed by atoms with E-state index in [0.29, 0.717) is 23.9 Å². The fourth-order valence-electron chi connectivity index (χ4n) is 6.93. The molecular weight excluding hydrogens is 864 g/mol. The van der Waals surface area contributed by atoms with Crippen LogP contribution >= 0.6 is 7.82 Å². The number of carbonyl (C=O) groups excluding carboxylic acids is 1. The Kier molecular flexibility index (Phi) is 46.7. The van der Waals surface area contributed by atoms with Gasteiger partial charge in [-0.1, -0.05) is 206 Å². The summed E-state index contributed by atoms with van der Waals surface area (Å²) in [7, 11) is 1.50. The number of hydrogen-bond donors (Lipinski definition) is 3. The van der Waals surface area contributed by atoms with Crippen LogP contribution < -0.4 is 5.32 Å². The number of nitrogens with zero attached hydrogens (tertiary/aromatic N) is 1. The quantitative estimate of drug-likeness (QED) is 0.0243. The topological polar surface area (TPSA) is 105 Å². The van der Waals surface area contributed by atoms with E-state index in [9.17, 15) is 19.4 Å². The number of quaternary nitrogens is 1. The molecule has 0 heterocycles. The Morgan fingerprint density at radius 2 is 0.897 bits per heavy atom. The largest absolute Gasteiger partial charge is 0.472 e. The molecule has 9 heteroatoms. The van der Waals surface area contributed by atoms with E-state index in [1.54, 1.807) is 6.08 Å². The summed E-state index contributed by atoms with van der Waals surface area (Å²) in [5.74, 6) is -0.228. The third kappa shape index (κ3) is 50.8. The molecule has 3 N–H and O–H groups in total. The van der Waals surface area contributed by atoms with Crippen molar-refractivity contribution in [2.45, 2.75) is 206 Å². The van der Waals surface area contributed by atoms with Crippen molar-refractivity contribution < 1.29 is 32.9 Å². The van der Waals surface area contributed by atoms with Crippen LogP contribution in [0.4, 0.5) is 0 Å². The zero-order valence-corrected chi connectivity index (χ0v) is 44.9. The van der Waals surface area contributed by atoms with Gasteiger partial charge in [-0.15, -0.1) is 0 Å². The second kappa shape index (κ2) is 48.9. The third-order valence-electron chi connectivity index (χ3n) is 11.1. The molecule has 0 aromatic rings. The average Bonchev–Trinajstić information content (AvgIpc) is 3.30. The second-order valence-corrected chi connectivity index (χ2v) is 20.3. The van der Waals surface area contributed by atoms with Gasteiger partial charge >= 0.3 is 7.82 Å². The molecule has 0 bridgehead atoms. The number of aliphatic hydroxyl groups is 1. The first-order chi connectivity index (χ1) is 33.0. The van der Waals surface area contributed by atoms with Gasteiger partial charge in [-0.05, 0) is 103 Å². The normalized spacial score (nSPS) is 15.0. The van der Waals surface area contributed by atoms with Crippen LogP contribution in [0.2, 0.25) is 0 Å². The number of aliphatic hydroxyl groups excluding tert-OH is 1. The van der Waals surface area contributed by atoms with Crippen molar-refractivity contribution in [3.63, 3.8) is 0 Å². The standard InChI is InChI=1S/C59H101N2O6P/c1-6-8-10-12-14-16-18-20-22-24-26-28-29-30-31-33-35-37-39-41-43-45-47-49-51-53-59(63)60-57(56-67-68(64,65)66-55-54-61(3,4)5)58(62)52-50-48-46-44-42-40-38-36-34-32-27-25-23-21-19-17-15-13-11-9-7-2/h8,10,14,16,20,22,26,28,30-31,34-37,41-44,50,52,57-58,62H,6-7,9,11-13,15,17-19,21,23-25,27,29,32-33,38-40,45-49,51,53-56H2,1-5H3,(H-,60,63,64,65)/p+1/b10-8-,16-14-,22-20-,28-26-,31-30-,36-34+,37-35-,43-41-,44-42+,52-50+. The minimum atomic E-state index is -4.38. The fraction of sp³-hybridized carbons (Fsp3) is 0.644. The maximum atomic E-state index is 12.9. The zero-order valence-electron chi connectivity index (χ0n) is 44.0. The first-order valence-corrected chi connectivity index (χ1v) is 28.4. The molecule has 0 saturated carbocycles. The summed E-state index contributed by atoms with van der Waals surface area (Å²) in [5, 5.41) is 13.9. The molecule has 0 spiro atoms. The molecule has 0 aromatic carbocycles. The molecule has 0 aliphatic carbocycles. The SMILES string of the molecule is CC/C=C\C/C=C\C/C=C\C/C=C\C/C=C\C/C=C\C/C=C\CCCCCC(=O)NC(COP(=O)(O)OCC[N+](C)(C)C)C(O)/C=C/CC/C=C/CC/C=C/CCCCCCCCCCCCC. The highest BCUT2D eigenvalue weighted by atomic mass is 31.2. The highest BCUT2D eigenvalue weighted by molar-refractivity contribution is 7.47. The molecule has 0 saturated heterocycles. The number of unbranched alkanes of at least 4 members (excludes halogenated alkanes) is 16. The van der Waals surface area contributed by atoms with E-state index < -0.39 is 20.0 Å². The summed E-state index contributed by atoms with van der Waals surface area (Å²) in [5.41, 5.74) is 0. The predicted octanol–water partition coefficient (Wildman–Crippen LogP) is 16.2. The number of phosphoric ester groups is 1. The van der Waals surface area contributed by atoms with Gasteiger partial charge in [-0.2, -0.15) is 0 Å². The lowest BCUT2D eigenvalue weighted by molar-refractivity contribution is -0.870. The number of rotatable bonds is 47. The number of nitrogens with one attached hydrogen (secondary N) is 1. The number of hydrogen-bond acceptors (Lipinski definition) is 5. The van der Waals surface area contributed by atoms with Crippen molar-refractivity contribution in [1.82, 2.24) is 5.32 Å². The maximum Gasteiger partial charge on any atom is 0.472 e. The van der Waals surface area contributed by atoms with Crippen LogP contribution in [0.5, 0.6) is 0 Å². The molecule has 68 heavy (non-hydrogen) atoms. The lowest BCUT2D eigenvalue weighted by atomic mass is 10.1. The Bertz CT molecular complexity index is 1510. The molecule has 0 radical (unpaired) electrons. The molecule has 0 aliphatic rings. The van der Waals surface area contributed by atoms with Gasteiger partial charge in [0.05, 0.1) is 39.9 Å². The van der Waals surface area contributed by atoms with Crippen molar-refractivity contribution in [2.24, 2.45) is 0 Å². The summed E-state index contributed by atoms with van der Waals surface area (Å²) in [6, 6.07) is -0.898. The smallest absolute Gasteiger partial charge is 0.387 e. The first-order valence-electron chi connectivity index (χ1n) is 26.9. The lowest BCUT2D eigenvalue weighted by Crippen LogP contribution is -2.45. The highest BCUT2D eigenvalue weighted by Gasteiger charge is 2.27. The van der Waals surface area contributed by atoms with Crippen molar-refractivity contribution >= 4 is 13.7 Å². The molecule has 0 aromatic heterocycles. The Hall–Kier alpha value is -3.10. The molecule has 0 fully saturated rings. The van der Waals surface area contributed by atoms with E-state index >= 15 is 0 Å². The average molecular weight is 966 g/mol. The third-order valence-corrected chi connectivity index (χ3v) is 12.1. The first kappa shape index (κ1) is 64.9. The summed E-state index contributed by atoms with van der Waals surface area (Å²) in [6.07, 6.45) is 72.9. The number of likely N-dealkylation sites (N-methyl/N-ethyl adjacent to an activating group) is 1. The number of carbonyl (C=O) groups is 1. The number of amides is 1. The van der Waals surface area contributed by atoms with Gasteiger partial charge in [0.2, 0.25) is 5.91 Å². The van der Waals surface area contributed by atoms with Crippen molar-refractivity contribution in [2.75, 3.05) is 40.9 Å². The monoisotopic (exact) mass is 966 g/mol. The van der Waals surface area contributed by atoms with Crippen LogP contribution in [0.1, 0.15) is 194 Å². The Balaban J connectivity index is 4.47. The van der Waals surface area contributed by atoms with Gasteiger partial charge < -0.3 is 19.8 Å². The summed E-state index contributed by atoms with van der Waals surface area (Å²) in [4.78, 5) is 23.2. The Labute approximate surface area is 418 Å². The van der Waals surface area contributed by atoms with E-state index in [2.05, 4.69) is 129 Å². The molecule has 8 nitrogen and oxygen atoms in total. The minimum Gasteiger partial charge on any atom is -0.387 e. The van der Waals surface area contributed by atoms with Gasteiger partial charge in [0.15, 0.2) is 0 Å². The van der Waals surface area contributed by atoms with Gasteiger partial charge in [0.25, 0.3) is 0 Å². The molecule has 388 valence electrons. The minimum absolute atomic E-state index is 0.0394. The van der Waals surface area contributed by atoms with Crippen molar-refractivity contribution in [3.05, 3.63) is 122 Å². The molecule has 0 rings (SSSR count). The Morgan fingerprint density at radius 3 is 1.35 bits per heavy atom. The lowest BCUT2D eigenvalue weighted by Gasteiger charge is -2.25. The van der Waals surface area contributed by atoms with E-state index in [0.717, 1.165) is 89.9 Å². The van der Waals surface area contributed by atoms with Crippen LogP contribution in [0.3, 0.4) is 0 Å². The van der Waals surface area contributed by atoms with E-state index in [4.69, 9.17) is 9.05 Å². The van der Waals surface area contributed by atoms with Gasteiger partial charge in [-0.25, -0.2) is 4.57 Å². The summed E-state index contributed by atoms with van der Waals surface area (Å²) in [6.45, 7) is 4.63. The van der Waals surface area contributed by atoms with Gasteiger partial charge in [0.1, 0.15) is 13.2 Å². The van der Waals surface area contributed by atoms with E-state index in [1.807, 2.05) is 27.2 Å². The fourth-order valence-corrected chi connectivity index (χ4v) is 7.67. The summed E-state index contributed by atoms with van der Waals surface area (Å²) < 4.78 is 23.6. The predicted molar refractivity (Wildman–Crippen MR) is 295 cm³/mol. The number of phosphoric acid groups is 1. The molecule has 0 aliphatic heterocycles. The van der Waals surface area contributed by atoms with Gasteiger partial charge in [-0.3, -0.25) is 13.8 Å². The Morgan fingerprint density at radius 1 is 0.515 bits per heavy atom.